The van der Waals surface area contributed by atoms with E-state index in [-0.39, 0.29) is 0 Å². The second-order valence-electron chi connectivity index (χ2n) is 2.99. The van der Waals surface area contributed by atoms with Crippen molar-refractivity contribution < 1.29 is 0 Å². The van der Waals surface area contributed by atoms with Gasteiger partial charge < -0.3 is 0 Å². The highest BCUT2D eigenvalue weighted by molar-refractivity contribution is 9.10. The summed E-state index contributed by atoms with van der Waals surface area (Å²) in [5, 5.41) is 0. The first-order valence-electron chi connectivity index (χ1n) is 4.35. The van der Waals surface area contributed by atoms with Crippen LogP contribution < -0.4 is 0 Å². The average molecular weight is 249 g/mol. The van der Waals surface area contributed by atoms with Crippen molar-refractivity contribution in [2.24, 2.45) is 0 Å². The lowest BCUT2D eigenvalue weighted by Gasteiger charge is -1.99. The molecule has 0 atom stereocenters. The summed E-state index contributed by atoms with van der Waals surface area (Å²) in [5.41, 5.74) is 2.24. The zero-order valence-corrected chi connectivity index (χ0v) is 9.11. The lowest BCUT2D eigenvalue weighted by Crippen LogP contribution is -1.92. The molecule has 2 rings (SSSR count). The van der Waals surface area contributed by atoms with Crippen molar-refractivity contribution in [3.63, 3.8) is 0 Å². The molecule has 0 aliphatic heterocycles. The Bertz CT molecular complexity index is 397. The van der Waals surface area contributed by atoms with Crippen LogP contribution in [0, 0.1) is 0 Å². The van der Waals surface area contributed by atoms with Gasteiger partial charge in [-0.15, -0.1) is 0 Å². The molecule has 0 fully saturated rings. The fourth-order valence-electron chi connectivity index (χ4n) is 1.24. The fraction of sp³-hybridized carbons (Fsp3) is 0.0909. The van der Waals surface area contributed by atoms with E-state index in [0.29, 0.717) is 0 Å². The zero-order valence-electron chi connectivity index (χ0n) is 7.52. The SMILES string of the molecule is Brc1cnc(Cc2ccccc2)cn1. The summed E-state index contributed by atoms with van der Waals surface area (Å²) >= 11 is 3.26. The van der Waals surface area contributed by atoms with Gasteiger partial charge in [0.2, 0.25) is 0 Å². The zero-order chi connectivity index (χ0) is 9.80. The molecule has 0 N–H and O–H groups in total. The molecule has 2 nitrogen and oxygen atoms in total. The van der Waals surface area contributed by atoms with Crippen LogP contribution in [-0.4, -0.2) is 9.97 Å². The average Bonchev–Trinajstić information content (AvgIpc) is 2.23. The second kappa shape index (κ2) is 4.33. The molecule has 0 spiro atoms. The number of benzene rings is 1. The molecule has 2 aromatic rings. The fourth-order valence-corrected chi connectivity index (χ4v) is 1.44. The van der Waals surface area contributed by atoms with E-state index in [0.717, 1.165) is 16.7 Å². The van der Waals surface area contributed by atoms with E-state index < -0.39 is 0 Å². The molecule has 0 unspecified atom stereocenters. The minimum atomic E-state index is 0.773. The molecule has 0 saturated heterocycles. The van der Waals surface area contributed by atoms with Gasteiger partial charge in [0.1, 0.15) is 4.60 Å². The minimum absolute atomic E-state index is 0.773. The third-order valence-corrected chi connectivity index (χ3v) is 2.31. The summed E-state index contributed by atoms with van der Waals surface area (Å²) in [7, 11) is 0. The normalized spacial score (nSPS) is 10.1. The maximum atomic E-state index is 4.26. The van der Waals surface area contributed by atoms with Gasteiger partial charge in [-0.2, -0.15) is 0 Å². The molecule has 0 amide bonds. The molecule has 0 bridgehead atoms. The number of hydrogen-bond acceptors (Lipinski definition) is 2. The maximum absolute atomic E-state index is 4.26. The van der Waals surface area contributed by atoms with Gasteiger partial charge in [-0.3, -0.25) is 4.98 Å². The van der Waals surface area contributed by atoms with Gasteiger partial charge in [0.15, 0.2) is 0 Å². The summed E-state index contributed by atoms with van der Waals surface area (Å²) < 4.78 is 0.773. The number of hydrogen-bond donors (Lipinski definition) is 0. The highest BCUT2D eigenvalue weighted by Crippen LogP contribution is 2.08. The number of rotatable bonds is 2. The Morgan fingerprint density at radius 3 is 2.43 bits per heavy atom. The molecule has 0 aliphatic rings. The molecule has 0 saturated carbocycles. The molecule has 0 radical (unpaired) electrons. The molecule has 70 valence electrons. The van der Waals surface area contributed by atoms with Gasteiger partial charge in [0.05, 0.1) is 18.1 Å². The molecular formula is C11H9BrN2. The van der Waals surface area contributed by atoms with Crippen molar-refractivity contribution in [1.29, 1.82) is 0 Å². The van der Waals surface area contributed by atoms with Crippen LogP contribution in [0.15, 0.2) is 47.3 Å². The Morgan fingerprint density at radius 2 is 1.79 bits per heavy atom. The van der Waals surface area contributed by atoms with Crippen LogP contribution >= 0.6 is 15.9 Å². The minimum Gasteiger partial charge on any atom is -0.257 e. The molecule has 1 aromatic heterocycles. The van der Waals surface area contributed by atoms with Gasteiger partial charge >= 0.3 is 0 Å². The predicted molar refractivity (Wildman–Crippen MR) is 59.0 cm³/mol. The van der Waals surface area contributed by atoms with Crippen molar-refractivity contribution in [2.75, 3.05) is 0 Å². The number of aromatic nitrogens is 2. The Morgan fingerprint density at radius 1 is 1.00 bits per heavy atom. The van der Waals surface area contributed by atoms with Crippen LogP contribution in [0.25, 0.3) is 0 Å². The van der Waals surface area contributed by atoms with Crippen LogP contribution in [0.2, 0.25) is 0 Å². The van der Waals surface area contributed by atoms with Crippen LogP contribution in [0.5, 0.6) is 0 Å². The smallest absolute Gasteiger partial charge is 0.124 e. The summed E-state index contributed by atoms with van der Waals surface area (Å²) in [6.07, 6.45) is 4.34. The van der Waals surface area contributed by atoms with E-state index in [2.05, 4.69) is 38.0 Å². The Kier molecular flexibility index (Phi) is 2.89. The van der Waals surface area contributed by atoms with E-state index in [9.17, 15) is 0 Å². The van der Waals surface area contributed by atoms with Crippen molar-refractivity contribution in [3.05, 3.63) is 58.6 Å². The quantitative estimate of drug-likeness (QED) is 0.817. The van der Waals surface area contributed by atoms with Crippen LogP contribution in [0.3, 0.4) is 0 Å². The first-order valence-corrected chi connectivity index (χ1v) is 5.14. The van der Waals surface area contributed by atoms with Crippen LogP contribution in [0.4, 0.5) is 0 Å². The van der Waals surface area contributed by atoms with Crippen molar-refractivity contribution in [3.8, 4) is 0 Å². The predicted octanol–water partition coefficient (Wildman–Crippen LogP) is 2.83. The first kappa shape index (κ1) is 9.34. The molecular weight excluding hydrogens is 240 g/mol. The third kappa shape index (κ3) is 2.39. The highest BCUT2D eigenvalue weighted by Gasteiger charge is 1.97. The van der Waals surface area contributed by atoms with Gasteiger partial charge in [0, 0.05) is 6.42 Å². The largest absolute Gasteiger partial charge is 0.257 e. The monoisotopic (exact) mass is 248 g/mol. The Balaban J connectivity index is 2.16. The Hall–Kier alpha value is -1.22. The molecule has 1 heterocycles. The molecule has 1 aromatic carbocycles. The van der Waals surface area contributed by atoms with Crippen LogP contribution in [0.1, 0.15) is 11.3 Å². The third-order valence-electron chi connectivity index (χ3n) is 1.90. The van der Waals surface area contributed by atoms with E-state index in [4.69, 9.17) is 0 Å². The van der Waals surface area contributed by atoms with Gasteiger partial charge in [-0.25, -0.2) is 4.98 Å². The number of nitrogens with zero attached hydrogens (tertiary/aromatic N) is 2. The molecule has 0 aliphatic carbocycles. The van der Waals surface area contributed by atoms with Crippen molar-refractivity contribution >= 4 is 15.9 Å². The van der Waals surface area contributed by atoms with Crippen LogP contribution in [-0.2, 0) is 6.42 Å². The first-order chi connectivity index (χ1) is 6.84. The summed E-state index contributed by atoms with van der Waals surface area (Å²) in [6, 6.07) is 10.2. The second-order valence-corrected chi connectivity index (χ2v) is 3.81. The van der Waals surface area contributed by atoms with Gasteiger partial charge in [-0.05, 0) is 21.5 Å². The van der Waals surface area contributed by atoms with Gasteiger partial charge in [-0.1, -0.05) is 30.3 Å². The lowest BCUT2D eigenvalue weighted by atomic mass is 10.1. The van der Waals surface area contributed by atoms with Gasteiger partial charge in [0.25, 0.3) is 0 Å². The summed E-state index contributed by atoms with van der Waals surface area (Å²) in [5.74, 6) is 0. The van der Waals surface area contributed by atoms with E-state index in [1.54, 1.807) is 12.4 Å². The van der Waals surface area contributed by atoms with E-state index in [1.165, 1.54) is 5.56 Å². The summed E-state index contributed by atoms with van der Waals surface area (Å²) in [6.45, 7) is 0. The summed E-state index contributed by atoms with van der Waals surface area (Å²) in [4.78, 5) is 8.39. The van der Waals surface area contributed by atoms with E-state index >= 15 is 0 Å². The van der Waals surface area contributed by atoms with E-state index in [1.807, 2.05) is 18.2 Å². The van der Waals surface area contributed by atoms with Crippen molar-refractivity contribution in [2.45, 2.75) is 6.42 Å². The maximum Gasteiger partial charge on any atom is 0.124 e. The molecule has 3 heteroatoms. The molecule has 14 heavy (non-hydrogen) atoms. The van der Waals surface area contributed by atoms with Crippen molar-refractivity contribution in [1.82, 2.24) is 9.97 Å². The Labute approximate surface area is 91.2 Å². The lowest BCUT2D eigenvalue weighted by molar-refractivity contribution is 1.02. The number of halogens is 1. The standard InChI is InChI=1S/C11H9BrN2/c12-11-8-13-10(7-14-11)6-9-4-2-1-3-5-9/h1-5,7-8H,6H2. The highest BCUT2D eigenvalue weighted by atomic mass is 79.9. The topological polar surface area (TPSA) is 25.8 Å².